The molecule has 1 aromatic rings. The fourth-order valence-electron chi connectivity index (χ4n) is 1.45. The normalized spacial score (nSPS) is 10.5. The zero-order valence-corrected chi connectivity index (χ0v) is 9.70. The van der Waals surface area contributed by atoms with Gasteiger partial charge >= 0.3 is 0 Å². The zero-order chi connectivity index (χ0) is 10.9. The lowest BCUT2D eigenvalue weighted by molar-refractivity contribution is 0.210. The monoisotopic (exact) mass is 211 g/mol. The molecule has 0 fully saturated rings. The number of hydrogen-bond acceptors (Lipinski definition) is 3. The molecule has 0 bridgehead atoms. The van der Waals surface area contributed by atoms with Gasteiger partial charge in [0.15, 0.2) is 0 Å². The Morgan fingerprint density at radius 2 is 2.33 bits per heavy atom. The van der Waals surface area contributed by atoms with Gasteiger partial charge in [-0.05, 0) is 6.42 Å². The van der Waals surface area contributed by atoms with E-state index < -0.39 is 0 Å². The summed E-state index contributed by atoms with van der Waals surface area (Å²) in [6.07, 6.45) is 7.59. The van der Waals surface area contributed by atoms with Crippen molar-refractivity contribution in [3.63, 3.8) is 0 Å². The highest BCUT2D eigenvalue weighted by atomic mass is 16.5. The highest BCUT2D eigenvalue weighted by Gasteiger charge is 2.00. The van der Waals surface area contributed by atoms with Gasteiger partial charge in [-0.2, -0.15) is 0 Å². The highest BCUT2D eigenvalue weighted by Crippen LogP contribution is 2.06. The third-order valence-electron chi connectivity index (χ3n) is 2.31. The van der Waals surface area contributed by atoms with Crippen LogP contribution >= 0.6 is 0 Å². The van der Waals surface area contributed by atoms with Gasteiger partial charge in [-0.25, -0.2) is 4.98 Å². The minimum absolute atomic E-state index is 0.710. The van der Waals surface area contributed by atoms with Gasteiger partial charge in [0, 0.05) is 32.6 Å². The predicted molar refractivity (Wildman–Crippen MR) is 62.1 cm³/mol. The summed E-state index contributed by atoms with van der Waals surface area (Å²) in [5, 5.41) is 3.25. The summed E-state index contributed by atoms with van der Waals surface area (Å²) >= 11 is 0. The van der Waals surface area contributed by atoms with Crippen LogP contribution in [-0.2, 0) is 11.3 Å². The van der Waals surface area contributed by atoms with E-state index in [-0.39, 0.29) is 0 Å². The van der Waals surface area contributed by atoms with E-state index in [1.165, 1.54) is 19.3 Å². The SMILES string of the molecule is CCCCCn1ccnc1NCCOC. The standard InChI is InChI=1S/C11H21N3O/c1-3-4-5-8-14-9-6-12-11(14)13-7-10-15-2/h6,9H,3-5,7-8,10H2,1-2H3,(H,12,13). The first kappa shape index (κ1) is 12.0. The molecule has 1 heterocycles. The van der Waals surface area contributed by atoms with Crippen LogP contribution in [0, 0.1) is 0 Å². The molecule has 0 aliphatic heterocycles. The van der Waals surface area contributed by atoms with E-state index in [1.54, 1.807) is 7.11 Å². The van der Waals surface area contributed by atoms with Gasteiger partial charge in [-0.1, -0.05) is 19.8 Å². The molecule has 0 aliphatic carbocycles. The van der Waals surface area contributed by atoms with Crippen molar-refractivity contribution in [2.45, 2.75) is 32.7 Å². The molecule has 4 nitrogen and oxygen atoms in total. The first-order valence-electron chi connectivity index (χ1n) is 5.62. The van der Waals surface area contributed by atoms with Crippen LogP contribution in [0.4, 0.5) is 5.95 Å². The number of aryl methyl sites for hydroxylation is 1. The number of unbranched alkanes of at least 4 members (excludes halogenated alkanes) is 2. The summed E-state index contributed by atoms with van der Waals surface area (Å²) in [4.78, 5) is 4.26. The summed E-state index contributed by atoms with van der Waals surface area (Å²) in [6.45, 7) is 4.78. The molecule has 0 radical (unpaired) electrons. The van der Waals surface area contributed by atoms with Crippen LogP contribution in [0.3, 0.4) is 0 Å². The van der Waals surface area contributed by atoms with Gasteiger partial charge in [0.05, 0.1) is 6.61 Å². The fourth-order valence-corrected chi connectivity index (χ4v) is 1.45. The molecule has 1 aromatic heterocycles. The van der Waals surface area contributed by atoms with Crippen molar-refractivity contribution in [1.82, 2.24) is 9.55 Å². The Labute approximate surface area is 91.7 Å². The smallest absolute Gasteiger partial charge is 0.202 e. The van der Waals surface area contributed by atoms with E-state index in [1.807, 2.05) is 12.4 Å². The van der Waals surface area contributed by atoms with Crippen molar-refractivity contribution in [1.29, 1.82) is 0 Å². The number of nitrogens with one attached hydrogen (secondary N) is 1. The van der Waals surface area contributed by atoms with Crippen LogP contribution in [0.1, 0.15) is 26.2 Å². The Morgan fingerprint density at radius 1 is 1.47 bits per heavy atom. The van der Waals surface area contributed by atoms with Crippen molar-refractivity contribution in [2.75, 3.05) is 25.6 Å². The number of methoxy groups -OCH3 is 1. The molecule has 0 spiro atoms. The number of aromatic nitrogens is 2. The number of anilines is 1. The molecule has 0 saturated heterocycles. The lowest BCUT2D eigenvalue weighted by Gasteiger charge is -2.08. The van der Waals surface area contributed by atoms with Crippen molar-refractivity contribution in [3.8, 4) is 0 Å². The van der Waals surface area contributed by atoms with Crippen molar-refractivity contribution in [2.24, 2.45) is 0 Å². The van der Waals surface area contributed by atoms with E-state index in [9.17, 15) is 0 Å². The second kappa shape index (κ2) is 7.29. The number of rotatable bonds is 8. The van der Waals surface area contributed by atoms with Crippen LogP contribution in [0.25, 0.3) is 0 Å². The molecule has 0 aromatic carbocycles. The maximum Gasteiger partial charge on any atom is 0.202 e. The van der Waals surface area contributed by atoms with E-state index >= 15 is 0 Å². The first-order chi connectivity index (χ1) is 7.38. The van der Waals surface area contributed by atoms with E-state index in [4.69, 9.17) is 4.74 Å². The number of nitrogens with zero attached hydrogens (tertiary/aromatic N) is 2. The van der Waals surface area contributed by atoms with Crippen LogP contribution in [0.2, 0.25) is 0 Å². The summed E-state index contributed by atoms with van der Waals surface area (Å²) < 4.78 is 7.14. The van der Waals surface area contributed by atoms with Gasteiger partial charge in [0.25, 0.3) is 0 Å². The van der Waals surface area contributed by atoms with Crippen LogP contribution in [0.15, 0.2) is 12.4 Å². The second-order valence-corrected chi connectivity index (χ2v) is 3.57. The minimum atomic E-state index is 0.710. The van der Waals surface area contributed by atoms with Gasteiger partial charge < -0.3 is 14.6 Å². The Balaban J connectivity index is 2.32. The molecular weight excluding hydrogens is 190 g/mol. The maximum atomic E-state index is 4.98. The van der Waals surface area contributed by atoms with E-state index in [0.717, 1.165) is 19.0 Å². The molecule has 86 valence electrons. The summed E-state index contributed by atoms with van der Waals surface area (Å²) in [5.41, 5.74) is 0. The van der Waals surface area contributed by atoms with Gasteiger partial charge in [0.2, 0.25) is 5.95 Å². The predicted octanol–water partition coefficient (Wildman–Crippen LogP) is 2.13. The molecule has 4 heteroatoms. The van der Waals surface area contributed by atoms with Gasteiger partial charge in [0.1, 0.15) is 0 Å². The molecule has 1 N–H and O–H groups in total. The molecule has 0 saturated carbocycles. The molecule has 0 unspecified atom stereocenters. The molecular formula is C11H21N3O. The van der Waals surface area contributed by atoms with E-state index in [2.05, 4.69) is 21.8 Å². The first-order valence-corrected chi connectivity index (χ1v) is 5.62. The Morgan fingerprint density at radius 3 is 3.07 bits per heavy atom. The largest absolute Gasteiger partial charge is 0.383 e. The maximum absolute atomic E-state index is 4.98. The number of ether oxygens (including phenoxy) is 1. The topological polar surface area (TPSA) is 39.1 Å². The van der Waals surface area contributed by atoms with E-state index in [0.29, 0.717) is 6.61 Å². The van der Waals surface area contributed by atoms with Crippen molar-refractivity contribution < 1.29 is 4.74 Å². The number of imidazole rings is 1. The fraction of sp³-hybridized carbons (Fsp3) is 0.727. The van der Waals surface area contributed by atoms with Crippen molar-refractivity contribution in [3.05, 3.63) is 12.4 Å². The minimum Gasteiger partial charge on any atom is -0.383 e. The Hall–Kier alpha value is -1.03. The van der Waals surface area contributed by atoms with Crippen LogP contribution in [-0.4, -0.2) is 29.8 Å². The summed E-state index contributed by atoms with van der Waals surface area (Å²) in [7, 11) is 1.70. The Kier molecular flexibility index (Phi) is 5.85. The average Bonchev–Trinajstić information content (AvgIpc) is 2.67. The number of hydrogen-bond donors (Lipinski definition) is 1. The van der Waals surface area contributed by atoms with Crippen LogP contribution in [0.5, 0.6) is 0 Å². The third-order valence-corrected chi connectivity index (χ3v) is 2.31. The Bertz CT molecular complexity index is 236. The molecule has 0 amide bonds. The van der Waals surface area contributed by atoms with Gasteiger partial charge in [-0.15, -0.1) is 0 Å². The lowest BCUT2D eigenvalue weighted by Crippen LogP contribution is -2.12. The average molecular weight is 211 g/mol. The molecule has 1 rings (SSSR count). The third kappa shape index (κ3) is 4.34. The zero-order valence-electron chi connectivity index (χ0n) is 9.70. The van der Waals surface area contributed by atoms with Gasteiger partial charge in [-0.3, -0.25) is 0 Å². The second-order valence-electron chi connectivity index (χ2n) is 3.57. The van der Waals surface area contributed by atoms with Crippen molar-refractivity contribution >= 4 is 5.95 Å². The molecule has 0 atom stereocenters. The quantitative estimate of drug-likeness (QED) is 0.669. The molecule has 15 heavy (non-hydrogen) atoms. The van der Waals surface area contributed by atoms with Crippen LogP contribution < -0.4 is 5.32 Å². The molecule has 0 aliphatic rings. The lowest BCUT2D eigenvalue weighted by atomic mass is 10.2. The summed E-state index contributed by atoms with van der Waals surface area (Å²) in [6, 6.07) is 0. The highest BCUT2D eigenvalue weighted by molar-refractivity contribution is 5.25. The summed E-state index contributed by atoms with van der Waals surface area (Å²) in [5.74, 6) is 0.947.